The summed E-state index contributed by atoms with van der Waals surface area (Å²) in [5.74, 6) is -0.852. The third kappa shape index (κ3) is 4.32. The number of hydrogen-bond acceptors (Lipinski definition) is 5. The van der Waals surface area contributed by atoms with Gasteiger partial charge in [0, 0.05) is 29.4 Å². The molecule has 3 aliphatic rings. The lowest BCUT2D eigenvalue weighted by Crippen LogP contribution is -2.27. The maximum atomic E-state index is 13.3. The minimum absolute atomic E-state index is 0.0377. The fourth-order valence-corrected chi connectivity index (χ4v) is 4.70. The number of carbonyl (C=O) groups is 2. The van der Waals surface area contributed by atoms with Crippen molar-refractivity contribution in [2.45, 2.75) is 76.0 Å². The topological polar surface area (TPSA) is 66.8 Å². The molecular weight excluding hydrogens is 390 g/mol. The summed E-state index contributed by atoms with van der Waals surface area (Å²) in [4.78, 5) is 28.5. The van der Waals surface area contributed by atoms with Gasteiger partial charge in [0.15, 0.2) is 5.78 Å². The average molecular weight is 420 g/mol. The average Bonchev–Trinajstić information content (AvgIpc) is 3.70. The maximum Gasteiger partial charge on any atom is 0.339 e. The van der Waals surface area contributed by atoms with Gasteiger partial charge in [0.1, 0.15) is 11.9 Å². The predicted molar refractivity (Wildman–Crippen MR) is 119 cm³/mol. The molecule has 2 aromatic carbocycles. The Morgan fingerprint density at radius 3 is 2.06 bits per heavy atom. The zero-order valence-electron chi connectivity index (χ0n) is 17.8. The highest BCUT2D eigenvalue weighted by Gasteiger charge is 2.39. The summed E-state index contributed by atoms with van der Waals surface area (Å²) in [7, 11) is 0. The normalized spacial score (nSPS) is 19.1. The Balaban J connectivity index is 1.38. The molecule has 31 heavy (non-hydrogen) atoms. The van der Waals surface area contributed by atoms with Crippen LogP contribution >= 0.6 is 0 Å². The van der Waals surface area contributed by atoms with Crippen molar-refractivity contribution >= 4 is 17.4 Å². The third-order valence-electron chi connectivity index (χ3n) is 6.62. The Bertz CT molecular complexity index is 975. The van der Waals surface area contributed by atoms with Gasteiger partial charge in [-0.25, -0.2) is 4.79 Å². The molecule has 0 saturated heterocycles. The molecule has 0 heterocycles. The van der Waals surface area contributed by atoms with Crippen molar-refractivity contribution in [1.29, 1.82) is 0 Å². The first kappa shape index (κ1) is 20.1. The van der Waals surface area contributed by atoms with E-state index in [9.17, 15) is 14.7 Å². The zero-order valence-corrected chi connectivity index (χ0v) is 17.8. The van der Waals surface area contributed by atoms with Crippen LogP contribution in [-0.2, 0) is 4.74 Å². The number of rotatable bonds is 7. The van der Waals surface area contributed by atoms with E-state index < -0.39 is 5.97 Å². The molecule has 0 bridgehead atoms. The maximum absolute atomic E-state index is 13.3. The van der Waals surface area contributed by atoms with Gasteiger partial charge < -0.3 is 14.7 Å². The van der Waals surface area contributed by atoms with Crippen LogP contribution in [0.15, 0.2) is 42.5 Å². The van der Waals surface area contributed by atoms with E-state index in [2.05, 4.69) is 4.90 Å². The van der Waals surface area contributed by atoms with Crippen LogP contribution in [0, 0.1) is 0 Å². The number of ketones is 1. The van der Waals surface area contributed by atoms with Gasteiger partial charge in [0.2, 0.25) is 0 Å². The molecule has 5 nitrogen and oxygen atoms in total. The molecule has 0 spiro atoms. The lowest BCUT2D eigenvalue weighted by molar-refractivity contribution is 0.0209. The summed E-state index contributed by atoms with van der Waals surface area (Å²) in [5, 5.41) is 10.7. The lowest BCUT2D eigenvalue weighted by atomic mass is 9.96. The number of phenolic OH excluding ortho intramolecular Hbond substituents is 1. The largest absolute Gasteiger partial charge is 0.507 e. The standard InChI is InChI=1S/C26H29NO4/c28-24-16-19(27(17-10-11-17)18-12-13-18)14-15-23(24)25(29)21-8-4-5-9-22(21)26(30)31-20-6-2-1-3-7-20/h4-5,8-9,14-18,20,28H,1-3,6-7,10-13H2. The van der Waals surface area contributed by atoms with E-state index in [1.54, 1.807) is 36.4 Å². The first-order valence-electron chi connectivity index (χ1n) is 11.6. The van der Waals surface area contributed by atoms with Gasteiger partial charge in [-0.05, 0) is 69.6 Å². The van der Waals surface area contributed by atoms with E-state index >= 15 is 0 Å². The number of hydrogen-bond donors (Lipinski definition) is 1. The molecule has 2 aromatic rings. The summed E-state index contributed by atoms with van der Waals surface area (Å²) in [6, 6.07) is 13.2. The van der Waals surface area contributed by atoms with Crippen molar-refractivity contribution in [3.8, 4) is 5.75 Å². The Kier molecular flexibility index (Phi) is 5.43. The molecule has 162 valence electrons. The smallest absolute Gasteiger partial charge is 0.339 e. The van der Waals surface area contributed by atoms with Gasteiger partial charge in [-0.3, -0.25) is 4.79 Å². The highest BCUT2D eigenvalue weighted by molar-refractivity contribution is 6.15. The van der Waals surface area contributed by atoms with Crippen LogP contribution in [0.5, 0.6) is 5.75 Å². The number of anilines is 1. The van der Waals surface area contributed by atoms with Gasteiger partial charge >= 0.3 is 5.97 Å². The van der Waals surface area contributed by atoms with Gasteiger partial charge in [-0.1, -0.05) is 24.6 Å². The first-order chi connectivity index (χ1) is 15.1. The molecule has 3 fully saturated rings. The Morgan fingerprint density at radius 1 is 0.806 bits per heavy atom. The van der Waals surface area contributed by atoms with Crippen LogP contribution in [-0.4, -0.2) is 35.0 Å². The summed E-state index contributed by atoms with van der Waals surface area (Å²) in [5.41, 5.74) is 1.73. The minimum Gasteiger partial charge on any atom is -0.507 e. The second kappa shape index (κ2) is 8.37. The van der Waals surface area contributed by atoms with Crippen LogP contribution in [0.1, 0.15) is 84.1 Å². The third-order valence-corrected chi connectivity index (χ3v) is 6.62. The van der Waals surface area contributed by atoms with E-state index in [-0.39, 0.29) is 34.3 Å². The van der Waals surface area contributed by atoms with Gasteiger partial charge in [-0.2, -0.15) is 0 Å². The Morgan fingerprint density at radius 2 is 1.45 bits per heavy atom. The molecule has 0 unspecified atom stereocenters. The van der Waals surface area contributed by atoms with E-state index in [0.717, 1.165) is 31.4 Å². The van der Waals surface area contributed by atoms with E-state index in [1.165, 1.54) is 32.1 Å². The number of carbonyl (C=O) groups excluding carboxylic acids is 2. The number of phenols is 1. The molecular formula is C26H29NO4. The fraction of sp³-hybridized carbons (Fsp3) is 0.462. The molecule has 5 rings (SSSR count). The summed E-state index contributed by atoms with van der Waals surface area (Å²) in [6.07, 6.45) is 9.75. The summed E-state index contributed by atoms with van der Waals surface area (Å²) in [6.45, 7) is 0. The molecule has 5 heteroatoms. The molecule has 0 radical (unpaired) electrons. The van der Waals surface area contributed by atoms with Crippen molar-refractivity contribution < 1.29 is 19.4 Å². The first-order valence-corrected chi connectivity index (χ1v) is 11.6. The van der Waals surface area contributed by atoms with E-state index in [1.807, 2.05) is 6.07 Å². The van der Waals surface area contributed by atoms with Gasteiger partial charge in [0.25, 0.3) is 0 Å². The molecule has 3 saturated carbocycles. The fourth-order valence-electron chi connectivity index (χ4n) is 4.70. The molecule has 0 amide bonds. The van der Waals surface area contributed by atoms with Crippen LogP contribution in [0.3, 0.4) is 0 Å². The molecule has 0 aliphatic heterocycles. The number of aromatic hydroxyl groups is 1. The summed E-state index contributed by atoms with van der Waals surface area (Å²) < 4.78 is 5.69. The number of esters is 1. The second-order valence-electron chi connectivity index (χ2n) is 9.11. The van der Waals surface area contributed by atoms with Crippen LogP contribution in [0.4, 0.5) is 5.69 Å². The predicted octanol–water partition coefficient (Wildman–Crippen LogP) is 5.24. The van der Waals surface area contributed by atoms with E-state index in [0.29, 0.717) is 12.1 Å². The number of benzene rings is 2. The molecule has 3 aliphatic carbocycles. The van der Waals surface area contributed by atoms with Crippen LogP contribution in [0.25, 0.3) is 0 Å². The lowest BCUT2D eigenvalue weighted by Gasteiger charge is -2.25. The SMILES string of the molecule is O=C(OC1CCCCC1)c1ccccc1C(=O)c1ccc(N(C2CC2)C2CC2)cc1O. The van der Waals surface area contributed by atoms with Crippen molar-refractivity contribution in [1.82, 2.24) is 0 Å². The summed E-state index contributed by atoms with van der Waals surface area (Å²) >= 11 is 0. The highest BCUT2D eigenvalue weighted by Crippen LogP contribution is 2.42. The monoisotopic (exact) mass is 419 g/mol. The second-order valence-corrected chi connectivity index (χ2v) is 9.11. The minimum atomic E-state index is -0.458. The number of ether oxygens (including phenoxy) is 1. The molecule has 0 atom stereocenters. The van der Waals surface area contributed by atoms with Crippen molar-refractivity contribution in [2.75, 3.05) is 4.90 Å². The molecule has 0 aromatic heterocycles. The van der Waals surface area contributed by atoms with Gasteiger partial charge in [-0.15, -0.1) is 0 Å². The Labute approximate surface area is 183 Å². The van der Waals surface area contributed by atoms with Crippen LogP contribution in [0.2, 0.25) is 0 Å². The van der Waals surface area contributed by atoms with Crippen molar-refractivity contribution in [3.63, 3.8) is 0 Å². The highest BCUT2D eigenvalue weighted by atomic mass is 16.5. The Hall–Kier alpha value is -2.82. The number of nitrogens with zero attached hydrogens (tertiary/aromatic N) is 1. The quantitative estimate of drug-likeness (QED) is 0.491. The molecule has 1 N–H and O–H groups in total. The van der Waals surface area contributed by atoms with E-state index in [4.69, 9.17) is 4.74 Å². The van der Waals surface area contributed by atoms with Crippen molar-refractivity contribution in [2.24, 2.45) is 0 Å². The zero-order chi connectivity index (χ0) is 21.4. The van der Waals surface area contributed by atoms with Gasteiger partial charge in [0.05, 0.1) is 11.1 Å². The van der Waals surface area contributed by atoms with Crippen molar-refractivity contribution in [3.05, 3.63) is 59.2 Å². The van der Waals surface area contributed by atoms with Crippen LogP contribution < -0.4 is 4.90 Å².